The Morgan fingerprint density at radius 1 is 1.03 bits per heavy atom. The number of urea groups is 1. The molecular formula is C23H20ClN5O4S2. The van der Waals surface area contributed by atoms with Crippen molar-refractivity contribution in [1.29, 1.82) is 0 Å². The highest BCUT2D eigenvalue weighted by atomic mass is 35.5. The Labute approximate surface area is 210 Å². The zero-order valence-corrected chi connectivity index (χ0v) is 21.3. The minimum atomic E-state index is -3.37. The summed E-state index contributed by atoms with van der Waals surface area (Å²) >= 11 is 7.32. The van der Waals surface area contributed by atoms with Crippen LogP contribution < -0.4 is 15.5 Å². The summed E-state index contributed by atoms with van der Waals surface area (Å²) in [6, 6.07) is 14.1. The molecule has 0 aliphatic heterocycles. The summed E-state index contributed by atoms with van der Waals surface area (Å²) < 4.78 is 24.1. The molecule has 0 radical (unpaired) electrons. The van der Waals surface area contributed by atoms with Gasteiger partial charge in [-0.25, -0.2) is 23.2 Å². The van der Waals surface area contributed by atoms with Crippen LogP contribution in [0.4, 0.5) is 15.7 Å². The lowest BCUT2D eigenvalue weighted by Gasteiger charge is -2.13. The SMILES string of the molecule is CN(C)c1cccc(-c2ccc(Cl)c(C(=O)NC(=O)Nc3nc4ccc(S(C)(=O)=O)cc4s3)c2)n1. The molecular weight excluding hydrogens is 510 g/mol. The first-order valence-electron chi connectivity index (χ1n) is 10.2. The Bertz CT molecular complexity index is 1570. The molecule has 4 aromatic rings. The van der Waals surface area contributed by atoms with E-state index >= 15 is 0 Å². The zero-order chi connectivity index (χ0) is 25.3. The van der Waals surface area contributed by atoms with Gasteiger partial charge in [-0.05, 0) is 42.5 Å². The number of nitrogens with one attached hydrogen (secondary N) is 2. The number of hydrogen-bond donors (Lipinski definition) is 2. The number of aromatic nitrogens is 2. The van der Waals surface area contributed by atoms with Crippen molar-refractivity contribution in [2.75, 3.05) is 30.6 Å². The Balaban J connectivity index is 1.51. The van der Waals surface area contributed by atoms with E-state index in [-0.39, 0.29) is 20.6 Å². The number of carbonyl (C=O) groups excluding carboxylic acids is 2. The van der Waals surface area contributed by atoms with Gasteiger partial charge < -0.3 is 4.90 Å². The summed E-state index contributed by atoms with van der Waals surface area (Å²) in [5, 5.41) is 5.13. The molecule has 0 bridgehead atoms. The normalized spacial score (nSPS) is 11.3. The Hall–Kier alpha value is -3.54. The quantitative estimate of drug-likeness (QED) is 0.392. The largest absolute Gasteiger partial charge is 0.363 e. The van der Waals surface area contributed by atoms with E-state index in [1.54, 1.807) is 24.3 Å². The number of amides is 3. The van der Waals surface area contributed by atoms with E-state index in [1.165, 1.54) is 12.1 Å². The number of fused-ring (bicyclic) bond motifs is 1. The molecule has 12 heteroatoms. The molecule has 0 saturated carbocycles. The van der Waals surface area contributed by atoms with Crippen LogP contribution in [0.25, 0.3) is 21.5 Å². The number of halogens is 1. The second kappa shape index (κ2) is 9.61. The van der Waals surface area contributed by atoms with Crippen LogP contribution in [0.3, 0.4) is 0 Å². The van der Waals surface area contributed by atoms with Gasteiger partial charge >= 0.3 is 6.03 Å². The van der Waals surface area contributed by atoms with E-state index in [1.807, 2.05) is 37.2 Å². The minimum absolute atomic E-state index is 0.110. The number of anilines is 2. The molecule has 2 N–H and O–H groups in total. The van der Waals surface area contributed by atoms with E-state index in [0.29, 0.717) is 21.5 Å². The van der Waals surface area contributed by atoms with Crippen molar-refractivity contribution in [3.63, 3.8) is 0 Å². The van der Waals surface area contributed by atoms with Crippen molar-refractivity contribution in [2.45, 2.75) is 4.90 Å². The van der Waals surface area contributed by atoms with Crippen LogP contribution in [0.15, 0.2) is 59.5 Å². The van der Waals surface area contributed by atoms with Crippen molar-refractivity contribution in [2.24, 2.45) is 0 Å². The van der Waals surface area contributed by atoms with Crippen molar-refractivity contribution in [3.8, 4) is 11.3 Å². The van der Waals surface area contributed by atoms with Gasteiger partial charge in [-0.1, -0.05) is 35.1 Å². The van der Waals surface area contributed by atoms with Crippen LogP contribution in [0, 0.1) is 0 Å². The Morgan fingerprint density at radius 2 is 1.80 bits per heavy atom. The van der Waals surface area contributed by atoms with Gasteiger partial charge in [0, 0.05) is 25.9 Å². The van der Waals surface area contributed by atoms with E-state index < -0.39 is 21.8 Å². The molecule has 4 rings (SSSR count). The van der Waals surface area contributed by atoms with Gasteiger partial charge in [0.2, 0.25) is 0 Å². The molecule has 35 heavy (non-hydrogen) atoms. The monoisotopic (exact) mass is 529 g/mol. The van der Waals surface area contributed by atoms with Gasteiger partial charge in [0.05, 0.1) is 31.4 Å². The molecule has 0 aliphatic carbocycles. The average Bonchev–Trinajstić information content (AvgIpc) is 3.20. The molecule has 0 unspecified atom stereocenters. The van der Waals surface area contributed by atoms with Crippen LogP contribution >= 0.6 is 22.9 Å². The number of thiazole rings is 1. The van der Waals surface area contributed by atoms with Crippen molar-refractivity contribution >= 4 is 65.9 Å². The van der Waals surface area contributed by atoms with Gasteiger partial charge in [-0.2, -0.15) is 0 Å². The number of carbonyl (C=O) groups is 2. The molecule has 2 aromatic heterocycles. The molecule has 0 fully saturated rings. The van der Waals surface area contributed by atoms with Crippen molar-refractivity contribution in [3.05, 3.63) is 65.2 Å². The van der Waals surface area contributed by atoms with Gasteiger partial charge in [-0.3, -0.25) is 15.4 Å². The summed E-state index contributed by atoms with van der Waals surface area (Å²) in [7, 11) is 0.379. The molecule has 0 aliphatic rings. The number of sulfone groups is 1. The summed E-state index contributed by atoms with van der Waals surface area (Å²) in [6.45, 7) is 0. The van der Waals surface area contributed by atoms with Crippen LogP contribution in [0.1, 0.15) is 10.4 Å². The maximum atomic E-state index is 12.8. The highest BCUT2D eigenvalue weighted by Gasteiger charge is 2.17. The second-order valence-electron chi connectivity index (χ2n) is 7.80. The first kappa shape index (κ1) is 24.6. The first-order valence-corrected chi connectivity index (χ1v) is 13.3. The van der Waals surface area contributed by atoms with Crippen molar-refractivity contribution < 1.29 is 18.0 Å². The topological polar surface area (TPSA) is 121 Å². The predicted molar refractivity (Wildman–Crippen MR) is 138 cm³/mol. The van der Waals surface area contributed by atoms with Crippen molar-refractivity contribution in [1.82, 2.24) is 15.3 Å². The number of imide groups is 1. The average molecular weight is 530 g/mol. The number of benzene rings is 2. The summed E-state index contributed by atoms with van der Waals surface area (Å²) in [6.07, 6.45) is 1.11. The van der Waals surface area contributed by atoms with E-state index in [4.69, 9.17) is 11.6 Å². The number of pyridine rings is 1. The van der Waals surface area contributed by atoms with Crippen LogP contribution in [-0.4, -0.2) is 50.7 Å². The van der Waals surface area contributed by atoms with Crippen LogP contribution in [0.2, 0.25) is 5.02 Å². The first-order chi connectivity index (χ1) is 16.5. The number of nitrogens with zero attached hydrogens (tertiary/aromatic N) is 3. The molecule has 0 atom stereocenters. The Morgan fingerprint density at radius 3 is 2.51 bits per heavy atom. The predicted octanol–water partition coefficient (Wildman–Crippen LogP) is 4.44. The maximum absolute atomic E-state index is 12.8. The summed E-state index contributed by atoms with van der Waals surface area (Å²) in [5.41, 5.74) is 1.94. The molecule has 180 valence electrons. The highest BCUT2D eigenvalue weighted by molar-refractivity contribution is 7.90. The molecule has 9 nitrogen and oxygen atoms in total. The fourth-order valence-corrected chi connectivity index (χ4v) is 5.00. The lowest BCUT2D eigenvalue weighted by molar-refractivity contribution is 0.0967. The molecule has 2 heterocycles. The Kier molecular flexibility index (Phi) is 6.75. The lowest BCUT2D eigenvalue weighted by atomic mass is 10.1. The van der Waals surface area contributed by atoms with E-state index in [2.05, 4.69) is 20.6 Å². The minimum Gasteiger partial charge on any atom is -0.363 e. The van der Waals surface area contributed by atoms with Gasteiger partial charge in [0.15, 0.2) is 15.0 Å². The molecule has 2 aromatic carbocycles. The summed E-state index contributed by atoms with van der Waals surface area (Å²) in [5.74, 6) is 0.0564. The van der Waals surface area contributed by atoms with Crippen LogP contribution in [-0.2, 0) is 9.84 Å². The molecule has 3 amide bonds. The molecule has 0 saturated heterocycles. The maximum Gasteiger partial charge on any atom is 0.327 e. The van der Waals surface area contributed by atoms with Gasteiger partial charge in [0.1, 0.15) is 5.82 Å². The standard InChI is InChI=1S/C23H20ClN5O4S2/c1-29(2)20-6-4-5-17(25-20)13-7-9-16(24)15(11-13)21(30)27-22(31)28-23-26-18-10-8-14(35(3,32)33)12-19(18)34-23/h4-12H,1-3H3,(H2,26,27,28,30,31). The third-order valence-corrected chi connectivity index (χ3v) is 7.31. The van der Waals surface area contributed by atoms with E-state index in [9.17, 15) is 18.0 Å². The fraction of sp³-hybridized carbons (Fsp3) is 0.130. The second-order valence-corrected chi connectivity index (χ2v) is 11.3. The zero-order valence-electron chi connectivity index (χ0n) is 18.9. The lowest BCUT2D eigenvalue weighted by Crippen LogP contribution is -2.34. The number of rotatable bonds is 5. The third kappa shape index (κ3) is 5.59. The number of hydrogen-bond acceptors (Lipinski definition) is 8. The van der Waals surface area contributed by atoms with Gasteiger partial charge in [-0.15, -0.1) is 0 Å². The van der Waals surface area contributed by atoms with Crippen LogP contribution in [0.5, 0.6) is 0 Å². The highest BCUT2D eigenvalue weighted by Crippen LogP contribution is 2.29. The van der Waals surface area contributed by atoms with Gasteiger partial charge in [0.25, 0.3) is 5.91 Å². The van der Waals surface area contributed by atoms with E-state index in [0.717, 1.165) is 23.4 Å². The molecule has 0 spiro atoms. The summed E-state index contributed by atoms with van der Waals surface area (Å²) in [4.78, 5) is 36.1. The smallest absolute Gasteiger partial charge is 0.327 e. The fourth-order valence-electron chi connectivity index (χ4n) is 3.18. The third-order valence-electron chi connectivity index (χ3n) is 4.93.